The first-order valence-corrected chi connectivity index (χ1v) is 9.89. The molecule has 2 amide bonds. The lowest BCUT2D eigenvalue weighted by molar-refractivity contribution is -0.155. The predicted molar refractivity (Wildman–Crippen MR) is 104 cm³/mol. The first-order valence-electron chi connectivity index (χ1n) is 9.89. The zero-order chi connectivity index (χ0) is 22.4. The molecule has 30 heavy (non-hydrogen) atoms. The lowest BCUT2D eigenvalue weighted by Crippen LogP contribution is -2.50. The van der Waals surface area contributed by atoms with Gasteiger partial charge in [-0.15, -0.1) is 0 Å². The van der Waals surface area contributed by atoms with Gasteiger partial charge in [-0.05, 0) is 33.3 Å². The van der Waals surface area contributed by atoms with E-state index in [0.29, 0.717) is 6.42 Å². The Balaban J connectivity index is 2.06. The Kier molecular flexibility index (Phi) is 8.28. The Labute approximate surface area is 174 Å². The number of amides is 2. The highest BCUT2D eigenvalue weighted by molar-refractivity contribution is 5.86. The molecule has 2 rings (SSSR count). The maximum Gasteiger partial charge on any atom is 0.331 e. The van der Waals surface area contributed by atoms with Gasteiger partial charge in [0.25, 0.3) is 0 Å². The Morgan fingerprint density at radius 2 is 1.97 bits per heavy atom. The van der Waals surface area contributed by atoms with Crippen molar-refractivity contribution >= 4 is 17.8 Å². The summed E-state index contributed by atoms with van der Waals surface area (Å²) in [6.07, 6.45) is -0.440. The highest BCUT2D eigenvalue weighted by atomic mass is 19.2. The number of likely N-dealkylation sites (tertiary alicyclic amines) is 1. The van der Waals surface area contributed by atoms with Gasteiger partial charge in [-0.2, -0.15) is 0 Å². The minimum atomic E-state index is -1.01. The van der Waals surface area contributed by atoms with Crippen molar-refractivity contribution in [3.05, 3.63) is 35.4 Å². The van der Waals surface area contributed by atoms with E-state index in [2.05, 4.69) is 5.32 Å². The fourth-order valence-electron chi connectivity index (χ4n) is 3.33. The summed E-state index contributed by atoms with van der Waals surface area (Å²) in [5.74, 6) is -3.32. The molecule has 7 nitrogen and oxygen atoms in total. The van der Waals surface area contributed by atoms with Crippen molar-refractivity contribution in [3.8, 4) is 0 Å². The molecule has 1 fully saturated rings. The summed E-state index contributed by atoms with van der Waals surface area (Å²) in [7, 11) is 1.41. The molecule has 0 radical (unpaired) electrons. The number of nitrogens with one attached hydrogen (secondary N) is 1. The summed E-state index contributed by atoms with van der Waals surface area (Å²) in [4.78, 5) is 38.5. The van der Waals surface area contributed by atoms with Crippen LogP contribution < -0.4 is 5.32 Å². The van der Waals surface area contributed by atoms with Crippen LogP contribution in [0.1, 0.15) is 45.6 Å². The fourth-order valence-corrected chi connectivity index (χ4v) is 3.33. The van der Waals surface area contributed by atoms with Gasteiger partial charge < -0.3 is 19.7 Å². The maximum absolute atomic E-state index is 14.0. The van der Waals surface area contributed by atoms with E-state index in [1.807, 2.05) is 0 Å². The smallest absolute Gasteiger partial charge is 0.331 e. The minimum Gasteiger partial charge on any atom is -0.461 e. The predicted octanol–water partition coefficient (Wildman–Crippen LogP) is 2.32. The van der Waals surface area contributed by atoms with Crippen molar-refractivity contribution in [2.45, 2.75) is 70.9 Å². The SMILES string of the molecule is CO[C@H](C)[C@H](NC(=O)C[C@@H]1CCC(=O)N1Cc1cccc(F)c1F)C(=O)OC(C)C. The molecule has 3 atom stereocenters. The van der Waals surface area contributed by atoms with Crippen LogP contribution in [0.25, 0.3) is 0 Å². The van der Waals surface area contributed by atoms with Gasteiger partial charge in [0.05, 0.1) is 12.2 Å². The van der Waals surface area contributed by atoms with Gasteiger partial charge in [0.15, 0.2) is 17.7 Å². The quantitative estimate of drug-likeness (QED) is 0.613. The maximum atomic E-state index is 14.0. The van der Waals surface area contributed by atoms with Crippen molar-refractivity contribution in [2.24, 2.45) is 0 Å². The third-order valence-electron chi connectivity index (χ3n) is 5.01. The highest BCUT2D eigenvalue weighted by Gasteiger charge is 2.35. The Hall–Kier alpha value is -2.55. The first-order chi connectivity index (χ1) is 14.1. The second-order valence-corrected chi connectivity index (χ2v) is 7.60. The number of halogens is 2. The molecule has 166 valence electrons. The Morgan fingerprint density at radius 1 is 1.27 bits per heavy atom. The van der Waals surface area contributed by atoms with E-state index in [4.69, 9.17) is 9.47 Å². The van der Waals surface area contributed by atoms with Gasteiger partial charge in [-0.25, -0.2) is 13.6 Å². The van der Waals surface area contributed by atoms with Crippen LogP contribution in [-0.2, 0) is 30.4 Å². The summed E-state index contributed by atoms with van der Waals surface area (Å²) in [6.45, 7) is 4.89. The molecule has 0 aliphatic carbocycles. The van der Waals surface area contributed by atoms with Gasteiger partial charge in [0, 0.05) is 38.1 Å². The summed E-state index contributed by atoms with van der Waals surface area (Å²) in [6, 6.07) is 2.28. The van der Waals surface area contributed by atoms with Crippen LogP contribution in [0.5, 0.6) is 0 Å². The first kappa shape index (κ1) is 23.7. The topological polar surface area (TPSA) is 84.9 Å². The second kappa shape index (κ2) is 10.5. The lowest BCUT2D eigenvalue weighted by Gasteiger charge is -2.27. The molecular formula is C21H28F2N2O5. The van der Waals surface area contributed by atoms with Gasteiger partial charge in [-0.1, -0.05) is 12.1 Å². The zero-order valence-electron chi connectivity index (χ0n) is 17.6. The average molecular weight is 426 g/mol. The van der Waals surface area contributed by atoms with Crippen LogP contribution in [0.4, 0.5) is 8.78 Å². The monoisotopic (exact) mass is 426 g/mol. The third-order valence-corrected chi connectivity index (χ3v) is 5.01. The van der Waals surface area contributed by atoms with Gasteiger partial charge >= 0.3 is 5.97 Å². The standard InChI is InChI=1S/C21H28F2N2O5/c1-12(2)30-21(28)20(13(3)29-4)24-17(26)10-15-8-9-18(27)25(15)11-14-6-5-7-16(22)19(14)23/h5-7,12-13,15,20H,8-11H2,1-4H3,(H,24,26)/t13-,15+,20+/m1/s1. The number of hydrogen-bond acceptors (Lipinski definition) is 5. The molecule has 1 aromatic carbocycles. The van der Waals surface area contributed by atoms with Gasteiger partial charge in [0.1, 0.15) is 0 Å². The number of benzene rings is 1. The number of carbonyl (C=O) groups excluding carboxylic acids is 3. The normalized spacial score (nSPS) is 18.4. The molecule has 0 aromatic heterocycles. The Bertz CT molecular complexity index is 787. The minimum absolute atomic E-state index is 0.0436. The number of nitrogens with zero attached hydrogens (tertiary/aromatic N) is 1. The van der Waals surface area contributed by atoms with Crippen LogP contribution in [-0.4, -0.2) is 54.1 Å². The summed E-state index contributed by atoms with van der Waals surface area (Å²) >= 11 is 0. The number of hydrogen-bond donors (Lipinski definition) is 1. The summed E-state index contributed by atoms with van der Waals surface area (Å²) in [5.41, 5.74) is 0.0436. The number of ether oxygens (including phenoxy) is 2. The molecule has 1 aromatic rings. The molecule has 9 heteroatoms. The third kappa shape index (κ3) is 5.98. The van der Waals surface area contributed by atoms with E-state index >= 15 is 0 Å². The fraction of sp³-hybridized carbons (Fsp3) is 0.571. The zero-order valence-corrected chi connectivity index (χ0v) is 17.6. The van der Waals surface area contributed by atoms with Crippen molar-refractivity contribution in [1.82, 2.24) is 10.2 Å². The van der Waals surface area contributed by atoms with E-state index in [9.17, 15) is 23.2 Å². The molecule has 1 aliphatic rings. The molecule has 1 heterocycles. The van der Waals surface area contributed by atoms with Crippen molar-refractivity contribution in [2.75, 3.05) is 7.11 Å². The van der Waals surface area contributed by atoms with Crippen molar-refractivity contribution in [3.63, 3.8) is 0 Å². The van der Waals surface area contributed by atoms with E-state index in [1.54, 1.807) is 20.8 Å². The van der Waals surface area contributed by atoms with E-state index in [0.717, 1.165) is 6.07 Å². The molecular weight excluding hydrogens is 398 g/mol. The molecule has 0 unspecified atom stereocenters. The van der Waals surface area contributed by atoms with Gasteiger partial charge in [0.2, 0.25) is 11.8 Å². The van der Waals surface area contributed by atoms with Crippen LogP contribution in [0.2, 0.25) is 0 Å². The van der Waals surface area contributed by atoms with E-state index in [-0.39, 0.29) is 37.0 Å². The van der Waals surface area contributed by atoms with Gasteiger partial charge in [-0.3, -0.25) is 9.59 Å². The lowest BCUT2D eigenvalue weighted by atomic mass is 10.1. The van der Waals surface area contributed by atoms with Crippen LogP contribution in [0.15, 0.2) is 18.2 Å². The summed E-state index contributed by atoms with van der Waals surface area (Å²) < 4.78 is 37.8. The average Bonchev–Trinajstić information content (AvgIpc) is 3.01. The van der Waals surface area contributed by atoms with E-state index < -0.39 is 41.7 Å². The van der Waals surface area contributed by atoms with Crippen LogP contribution in [0.3, 0.4) is 0 Å². The highest BCUT2D eigenvalue weighted by Crippen LogP contribution is 2.25. The van der Waals surface area contributed by atoms with Crippen molar-refractivity contribution < 1.29 is 32.6 Å². The van der Waals surface area contributed by atoms with Crippen LogP contribution in [0, 0.1) is 11.6 Å². The largest absolute Gasteiger partial charge is 0.461 e. The Morgan fingerprint density at radius 3 is 2.60 bits per heavy atom. The summed E-state index contributed by atoms with van der Waals surface area (Å²) in [5, 5.41) is 2.61. The molecule has 1 aliphatic heterocycles. The number of esters is 1. The molecule has 0 spiro atoms. The number of rotatable bonds is 9. The molecule has 1 saturated heterocycles. The number of methoxy groups -OCH3 is 1. The molecule has 0 saturated carbocycles. The van der Waals surface area contributed by atoms with E-state index in [1.165, 1.54) is 24.1 Å². The number of carbonyl (C=O) groups is 3. The van der Waals surface area contributed by atoms with Crippen molar-refractivity contribution in [1.29, 1.82) is 0 Å². The van der Waals surface area contributed by atoms with Crippen LogP contribution >= 0.6 is 0 Å². The molecule has 1 N–H and O–H groups in total. The second-order valence-electron chi connectivity index (χ2n) is 7.60. The molecule has 0 bridgehead atoms.